The second kappa shape index (κ2) is 3.33. The van der Waals surface area contributed by atoms with Gasteiger partial charge in [0.2, 0.25) is 0 Å². The van der Waals surface area contributed by atoms with Crippen LogP contribution in [0.3, 0.4) is 0 Å². The molecule has 0 spiro atoms. The SMILES string of the molecule is CC1(C)CNCC(C)(c2cccs2)O1. The van der Waals surface area contributed by atoms with Gasteiger partial charge in [0.25, 0.3) is 0 Å². The molecule has 78 valence electrons. The average Bonchev–Trinajstić information content (AvgIpc) is 2.52. The van der Waals surface area contributed by atoms with Crippen LogP contribution in [-0.4, -0.2) is 18.7 Å². The van der Waals surface area contributed by atoms with E-state index in [0.717, 1.165) is 13.1 Å². The Kier molecular flexibility index (Phi) is 2.41. The molecule has 1 saturated heterocycles. The second-order valence-corrected chi connectivity index (χ2v) is 5.62. The minimum absolute atomic E-state index is 0.0724. The predicted octanol–water partition coefficient (Wildman–Crippen LogP) is 2.36. The number of ether oxygens (including phenoxy) is 1. The summed E-state index contributed by atoms with van der Waals surface area (Å²) in [6, 6.07) is 4.23. The van der Waals surface area contributed by atoms with Gasteiger partial charge in [-0.15, -0.1) is 11.3 Å². The van der Waals surface area contributed by atoms with E-state index in [1.165, 1.54) is 4.88 Å². The molecule has 1 fully saturated rings. The highest BCUT2D eigenvalue weighted by molar-refractivity contribution is 7.10. The smallest absolute Gasteiger partial charge is 0.113 e. The van der Waals surface area contributed by atoms with Crippen LogP contribution in [0.2, 0.25) is 0 Å². The van der Waals surface area contributed by atoms with E-state index in [-0.39, 0.29) is 11.2 Å². The number of hydrogen-bond donors (Lipinski definition) is 1. The zero-order chi connectivity index (χ0) is 10.2. The molecule has 0 aliphatic carbocycles. The van der Waals surface area contributed by atoms with Gasteiger partial charge in [-0.2, -0.15) is 0 Å². The average molecular weight is 211 g/mol. The number of thiophene rings is 1. The molecular formula is C11H17NOS. The number of hydrogen-bond acceptors (Lipinski definition) is 3. The normalized spacial score (nSPS) is 31.6. The van der Waals surface area contributed by atoms with Crippen molar-refractivity contribution in [3.63, 3.8) is 0 Å². The van der Waals surface area contributed by atoms with Crippen molar-refractivity contribution < 1.29 is 4.74 Å². The van der Waals surface area contributed by atoms with Crippen molar-refractivity contribution in [3.05, 3.63) is 22.4 Å². The minimum Gasteiger partial charge on any atom is -0.361 e. The molecule has 2 rings (SSSR count). The van der Waals surface area contributed by atoms with E-state index in [1.807, 2.05) is 0 Å². The van der Waals surface area contributed by atoms with Gasteiger partial charge in [-0.05, 0) is 32.2 Å². The molecular weight excluding hydrogens is 194 g/mol. The summed E-state index contributed by atoms with van der Waals surface area (Å²) < 4.78 is 6.15. The summed E-state index contributed by atoms with van der Waals surface area (Å²) in [5, 5.41) is 5.54. The Hall–Kier alpha value is -0.380. The maximum absolute atomic E-state index is 6.15. The van der Waals surface area contributed by atoms with Crippen molar-refractivity contribution in [1.82, 2.24) is 5.32 Å². The van der Waals surface area contributed by atoms with E-state index in [9.17, 15) is 0 Å². The fraction of sp³-hybridized carbons (Fsp3) is 0.636. The molecule has 0 saturated carbocycles. The molecule has 0 aromatic carbocycles. The third kappa shape index (κ3) is 1.85. The molecule has 2 nitrogen and oxygen atoms in total. The topological polar surface area (TPSA) is 21.3 Å². The molecule has 1 aliphatic heterocycles. The van der Waals surface area contributed by atoms with Crippen LogP contribution in [0.1, 0.15) is 25.6 Å². The molecule has 3 heteroatoms. The first-order valence-electron chi connectivity index (χ1n) is 4.97. The van der Waals surface area contributed by atoms with Gasteiger partial charge in [0.1, 0.15) is 5.60 Å². The number of nitrogens with one attached hydrogen (secondary N) is 1. The van der Waals surface area contributed by atoms with E-state index in [2.05, 4.69) is 43.6 Å². The molecule has 1 atom stereocenters. The molecule has 1 aliphatic rings. The van der Waals surface area contributed by atoms with Crippen LogP contribution in [-0.2, 0) is 10.3 Å². The molecule has 1 aromatic rings. The Labute approximate surface area is 89.3 Å². The van der Waals surface area contributed by atoms with Gasteiger partial charge in [-0.1, -0.05) is 6.07 Å². The first-order chi connectivity index (χ1) is 6.52. The van der Waals surface area contributed by atoms with E-state index >= 15 is 0 Å². The highest BCUT2D eigenvalue weighted by Gasteiger charge is 2.38. The number of morpholine rings is 1. The quantitative estimate of drug-likeness (QED) is 0.770. The lowest BCUT2D eigenvalue weighted by Crippen LogP contribution is -2.54. The summed E-state index contributed by atoms with van der Waals surface area (Å²) in [5.41, 5.74) is -0.229. The Morgan fingerprint density at radius 1 is 1.36 bits per heavy atom. The van der Waals surface area contributed by atoms with Crippen LogP contribution < -0.4 is 5.32 Å². The van der Waals surface area contributed by atoms with E-state index in [1.54, 1.807) is 11.3 Å². The summed E-state index contributed by atoms with van der Waals surface area (Å²) in [6.07, 6.45) is 0. The van der Waals surface area contributed by atoms with Crippen molar-refractivity contribution in [1.29, 1.82) is 0 Å². The van der Waals surface area contributed by atoms with Crippen molar-refractivity contribution in [2.24, 2.45) is 0 Å². The summed E-state index contributed by atoms with van der Waals surface area (Å²) >= 11 is 1.76. The first kappa shape index (κ1) is 10.1. The maximum atomic E-state index is 6.15. The summed E-state index contributed by atoms with van der Waals surface area (Å²) in [5.74, 6) is 0. The number of rotatable bonds is 1. The first-order valence-corrected chi connectivity index (χ1v) is 5.85. The van der Waals surface area contributed by atoms with Crippen LogP contribution >= 0.6 is 11.3 Å². The van der Waals surface area contributed by atoms with Gasteiger partial charge in [0, 0.05) is 18.0 Å². The third-order valence-electron chi connectivity index (χ3n) is 2.56. The molecule has 0 bridgehead atoms. The van der Waals surface area contributed by atoms with Crippen molar-refractivity contribution >= 4 is 11.3 Å². The van der Waals surface area contributed by atoms with Crippen molar-refractivity contribution in [2.75, 3.05) is 13.1 Å². The Morgan fingerprint density at radius 3 is 2.71 bits per heavy atom. The zero-order valence-corrected chi connectivity index (χ0v) is 9.78. The lowest BCUT2D eigenvalue weighted by atomic mass is 9.98. The van der Waals surface area contributed by atoms with E-state index in [4.69, 9.17) is 4.74 Å². The van der Waals surface area contributed by atoms with Crippen LogP contribution in [0.4, 0.5) is 0 Å². The van der Waals surface area contributed by atoms with Gasteiger partial charge in [-0.3, -0.25) is 0 Å². The Balaban J connectivity index is 2.24. The zero-order valence-electron chi connectivity index (χ0n) is 8.96. The lowest BCUT2D eigenvalue weighted by molar-refractivity contribution is -0.156. The van der Waals surface area contributed by atoms with Gasteiger partial charge in [0.05, 0.1) is 5.60 Å². The highest BCUT2D eigenvalue weighted by atomic mass is 32.1. The highest BCUT2D eigenvalue weighted by Crippen LogP contribution is 2.35. The van der Waals surface area contributed by atoms with Crippen molar-refractivity contribution in [2.45, 2.75) is 32.0 Å². The Bertz CT molecular complexity index is 307. The monoisotopic (exact) mass is 211 g/mol. The van der Waals surface area contributed by atoms with Gasteiger partial charge < -0.3 is 10.1 Å². The van der Waals surface area contributed by atoms with Crippen molar-refractivity contribution in [3.8, 4) is 0 Å². The molecule has 2 heterocycles. The largest absolute Gasteiger partial charge is 0.361 e. The maximum Gasteiger partial charge on any atom is 0.113 e. The summed E-state index contributed by atoms with van der Waals surface area (Å²) in [4.78, 5) is 1.30. The predicted molar refractivity (Wildman–Crippen MR) is 59.7 cm³/mol. The molecule has 0 radical (unpaired) electrons. The van der Waals surface area contributed by atoms with Crippen LogP contribution in [0.5, 0.6) is 0 Å². The van der Waals surface area contributed by atoms with Crippen LogP contribution in [0, 0.1) is 0 Å². The molecule has 1 aromatic heterocycles. The fourth-order valence-corrected chi connectivity index (χ4v) is 2.82. The third-order valence-corrected chi connectivity index (χ3v) is 3.67. The van der Waals surface area contributed by atoms with Crippen LogP contribution in [0.15, 0.2) is 17.5 Å². The lowest BCUT2D eigenvalue weighted by Gasteiger charge is -2.43. The Morgan fingerprint density at radius 2 is 2.14 bits per heavy atom. The molecule has 1 unspecified atom stereocenters. The molecule has 0 amide bonds. The van der Waals surface area contributed by atoms with E-state index in [0.29, 0.717) is 0 Å². The van der Waals surface area contributed by atoms with E-state index < -0.39 is 0 Å². The summed E-state index contributed by atoms with van der Waals surface area (Å²) in [6.45, 7) is 8.24. The van der Waals surface area contributed by atoms with Crippen LogP contribution in [0.25, 0.3) is 0 Å². The minimum atomic E-state index is -0.157. The second-order valence-electron chi connectivity index (χ2n) is 4.67. The fourth-order valence-electron chi connectivity index (χ4n) is 2.00. The van der Waals surface area contributed by atoms with Gasteiger partial charge >= 0.3 is 0 Å². The molecule has 1 N–H and O–H groups in total. The van der Waals surface area contributed by atoms with Gasteiger partial charge in [0.15, 0.2) is 0 Å². The standard InChI is InChI=1S/C11H17NOS/c1-10(2)7-12-8-11(3,13-10)9-5-4-6-14-9/h4-6,12H,7-8H2,1-3H3. The summed E-state index contributed by atoms with van der Waals surface area (Å²) in [7, 11) is 0. The molecule has 14 heavy (non-hydrogen) atoms. The van der Waals surface area contributed by atoms with Gasteiger partial charge in [-0.25, -0.2) is 0 Å².